The number of nitrogens with zero attached hydrogens (tertiary/aromatic N) is 1. The number of halogens is 1. The van der Waals surface area contributed by atoms with Crippen molar-refractivity contribution in [2.75, 3.05) is 4.72 Å². The van der Waals surface area contributed by atoms with Crippen molar-refractivity contribution >= 4 is 38.2 Å². The van der Waals surface area contributed by atoms with E-state index in [1.165, 1.54) is 0 Å². The molecule has 102 valence electrons. The van der Waals surface area contributed by atoms with Crippen molar-refractivity contribution in [1.82, 2.24) is 4.98 Å². The van der Waals surface area contributed by atoms with Crippen LogP contribution in [0.5, 0.6) is 0 Å². The van der Waals surface area contributed by atoms with E-state index >= 15 is 0 Å². The molecule has 4 nitrogen and oxygen atoms in total. The highest BCUT2D eigenvalue weighted by Gasteiger charge is 2.19. The van der Waals surface area contributed by atoms with Gasteiger partial charge >= 0.3 is 0 Å². The molecule has 0 radical (unpaired) electrons. The third kappa shape index (κ3) is 2.67. The van der Waals surface area contributed by atoms with Crippen molar-refractivity contribution < 1.29 is 8.42 Å². The number of anilines is 1. The van der Waals surface area contributed by atoms with Gasteiger partial charge in [-0.3, -0.25) is 9.71 Å². The van der Waals surface area contributed by atoms with E-state index < -0.39 is 15.3 Å². The van der Waals surface area contributed by atoms with Crippen LogP contribution < -0.4 is 4.72 Å². The molecule has 0 aliphatic rings. The van der Waals surface area contributed by atoms with Crippen molar-refractivity contribution in [3.8, 4) is 0 Å². The van der Waals surface area contributed by atoms with E-state index in [9.17, 15) is 8.42 Å². The highest BCUT2D eigenvalue weighted by molar-refractivity contribution is 7.93. The first kappa shape index (κ1) is 14.1. The Morgan fingerprint density at radius 3 is 2.68 bits per heavy atom. The van der Waals surface area contributed by atoms with Gasteiger partial charge in [0.2, 0.25) is 10.0 Å². The van der Waals surface area contributed by atoms with Gasteiger partial charge in [0.05, 0.1) is 21.5 Å². The van der Waals surface area contributed by atoms with Gasteiger partial charge in [-0.15, -0.1) is 0 Å². The molecule has 0 amide bonds. The van der Waals surface area contributed by atoms with Crippen LogP contribution in [0.4, 0.5) is 5.69 Å². The van der Waals surface area contributed by atoms with Crippen molar-refractivity contribution in [3.05, 3.63) is 35.0 Å². The molecule has 2 aromatic rings. The van der Waals surface area contributed by atoms with Crippen molar-refractivity contribution in [2.45, 2.75) is 26.0 Å². The van der Waals surface area contributed by atoms with Crippen LogP contribution >= 0.6 is 11.6 Å². The summed E-state index contributed by atoms with van der Waals surface area (Å²) in [5, 5.41) is 0.551. The number of aryl methyl sites for hydroxylation is 1. The second kappa shape index (κ2) is 4.98. The average Bonchev–Trinajstić information content (AvgIpc) is 2.34. The lowest BCUT2D eigenvalue weighted by Crippen LogP contribution is -2.22. The number of aromatic nitrogens is 1. The number of pyridine rings is 1. The molecule has 1 aromatic heterocycles. The minimum absolute atomic E-state index is 0.377. The van der Waals surface area contributed by atoms with Crippen LogP contribution in [0.15, 0.2) is 24.4 Å². The molecule has 0 aliphatic carbocycles. The van der Waals surface area contributed by atoms with Crippen LogP contribution in [0.2, 0.25) is 5.02 Å². The van der Waals surface area contributed by atoms with Crippen molar-refractivity contribution in [1.29, 1.82) is 0 Å². The molecule has 6 heteroatoms. The van der Waals surface area contributed by atoms with Crippen LogP contribution in [0.1, 0.15) is 19.4 Å². The lowest BCUT2D eigenvalue weighted by Gasteiger charge is -2.15. The molecule has 0 atom stereocenters. The Morgan fingerprint density at radius 2 is 2.05 bits per heavy atom. The SMILES string of the molecule is Cc1cc(Cl)c(NS(=O)(=O)C(C)C)c2cccnc12. The number of hydrogen-bond donors (Lipinski definition) is 1. The van der Waals surface area contributed by atoms with Crippen molar-refractivity contribution in [2.24, 2.45) is 0 Å². The molecule has 0 aliphatic heterocycles. The van der Waals surface area contributed by atoms with Gasteiger partial charge in [0.15, 0.2) is 0 Å². The molecule has 0 saturated carbocycles. The summed E-state index contributed by atoms with van der Waals surface area (Å²) >= 11 is 6.16. The molecule has 2 rings (SSSR count). The Kier molecular flexibility index (Phi) is 3.69. The number of nitrogens with one attached hydrogen (secondary N) is 1. The van der Waals surface area contributed by atoms with Crippen molar-refractivity contribution in [3.63, 3.8) is 0 Å². The largest absolute Gasteiger partial charge is 0.281 e. The summed E-state index contributed by atoms with van der Waals surface area (Å²) in [5.41, 5.74) is 2.05. The molecular weight excluding hydrogens is 284 g/mol. The molecular formula is C13H15ClN2O2S. The molecule has 0 unspecified atom stereocenters. The van der Waals surface area contributed by atoms with Gasteiger partial charge in [0.1, 0.15) is 0 Å². The average molecular weight is 299 g/mol. The molecule has 0 fully saturated rings. The van der Waals surface area contributed by atoms with E-state index in [1.54, 1.807) is 38.2 Å². The zero-order valence-electron chi connectivity index (χ0n) is 10.9. The topological polar surface area (TPSA) is 59.1 Å². The predicted molar refractivity (Wildman–Crippen MR) is 79.2 cm³/mol. The molecule has 0 spiro atoms. The lowest BCUT2D eigenvalue weighted by molar-refractivity contribution is 0.593. The van der Waals surface area contributed by atoms with E-state index in [1.807, 2.05) is 6.92 Å². The van der Waals surface area contributed by atoms with Gasteiger partial charge in [-0.2, -0.15) is 0 Å². The maximum atomic E-state index is 12.0. The van der Waals surface area contributed by atoms with Crippen LogP contribution in [0.3, 0.4) is 0 Å². The Bertz CT molecular complexity index is 727. The Balaban J connectivity index is 2.67. The molecule has 1 aromatic carbocycles. The fraction of sp³-hybridized carbons (Fsp3) is 0.308. The zero-order valence-corrected chi connectivity index (χ0v) is 12.5. The standard InChI is InChI=1S/C13H15ClN2O2S/c1-8(2)19(17,18)16-13-10-5-4-6-15-12(10)9(3)7-11(13)14/h4-8,16H,1-3H3. The number of benzene rings is 1. The first-order chi connectivity index (χ1) is 8.83. The van der Waals surface area contributed by atoms with Gasteiger partial charge < -0.3 is 0 Å². The summed E-state index contributed by atoms with van der Waals surface area (Å²) in [6.45, 7) is 5.12. The van der Waals surface area contributed by atoms with E-state index in [0.717, 1.165) is 11.1 Å². The number of fused-ring (bicyclic) bond motifs is 1. The highest BCUT2D eigenvalue weighted by atomic mass is 35.5. The fourth-order valence-electron chi connectivity index (χ4n) is 1.74. The summed E-state index contributed by atoms with van der Waals surface area (Å²) in [6.07, 6.45) is 1.67. The minimum atomic E-state index is -3.44. The smallest absolute Gasteiger partial charge is 0.235 e. The molecule has 1 heterocycles. The predicted octanol–water partition coefficient (Wildman–Crippen LogP) is 3.35. The van der Waals surface area contributed by atoms with Crippen LogP contribution in [0, 0.1) is 6.92 Å². The second-order valence-electron chi connectivity index (χ2n) is 4.65. The third-order valence-electron chi connectivity index (χ3n) is 2.90. The normalized spacial score (nSPS) is 12.1. The van der Waals surface area contributed by atoms with Crippen LogP contribution in [-0.2, 0) is 10.0 Å². The van der Waals surface area contributed by atoms with Gasteiger partial charge in [0.25, 0.3) is 0 Å². The summed E-state index contributed by atoms with van der Waals surface area (Å²) < 4.78 is 26.5. The van der Waals surface area contributed by atoms with Crippen LogP contribution in [-0.4, -0.2) is 18.7 Å². The number of rotatable bonds is 3. The van der Waals surface area contributed by atoms with Gasteiger partial charge in [-0.1, -0.05) is 11.6 Å². The quantitative estimate of drug-likeness (QED) is 0.945. The van der Waals surface area contributed by atoms with Gasteiger partial charge in [0, 0.05) is 11.6 Å². The van der Waals surface area contributed by atoms with E-state index in [4.69, 9.17) is 11.6 Å². The first-order valence-electron chi connectivity index (χ1n) is 5.88. The lowest BCUT2D eigenvalue weighted by atomic mass is 10.1. The molecule has 1 N–H and O–H groups in total. The molecule has 19 heavy (non-hydrogen) atoms. The Morgan fingerprint density at radius 1 is 1.37 bits per heavy atom. The second-order valence-corrected chi connectivity index (χ2v) is 7.29. The highest BCUT2D eigenvalue weighted by Crippen LogP contribution is 2.33. The summed E-state index contributed by atoms with van der Waals surface area (Å²) in [4.78, 5) is 4.26. The first-order valence-corrected chi connectivity index (χ1v) is 7.81. The van der Waals surface area contributed by atoms with Crippen LogP contribution in [0.25, 0.3) is 10.9 Å². The third-order valence-corrected chi connectivity index (χ3v) is 4.93. The maximum Gasteiger partial charge on any atom is 0.235 e. The van der Waals surface area contributed by atoms with Gasteiger partial charge in [-0.05, 0) is 44.5 Å². The monoisotopic (exact) mass is 298 g/mol. The molecule has 0 bridgehead atoms. The number of sulfonamides is 1. The van der Waals surface area contributed by atoms with E-state index in [-0.39, 0.29) is 0 Å². The summed E-state index contributed by atoms with van der Waals surface area (Å²) in [5.74, 6) is 0. The van der Waals surface area contributed by atoms with E-state index in [2.05, 4.69) is 9.71 Å². The Hall–Kier alpha value is -1.33. The fourth-order valence-corrected chi connectivity index (χ4v) is 2.85. The van der Waals surface area contributed by atoms with Gasteiger partial charge in [-0.25, -0.2) is 8.42 Å². The zero-order chi connectivity index (χ0) is 14.2. The molecule has 0 saturated heterocycles. The number of hydrogen-bond acceptors (Lipinski definition) is 3. The van der Waals surface area contributed by atoms with E-state index in [0.29, 0.717) is 16.1 Å². The Labute approximate surface area is 117 Å². The summed E-state index contributed by atoms with van der Waals surface area (Å²) in [6, 6.07) is 5.28. The maximum absolute atomic E-state index is 12.0. The summed E-state index contributed by atoms with van der Waals surface area (Å²) in [7, 11) is -3.44. The minimum Gasteiger partial charge on any atom is -0.281 e.